The number of anilines is 1. The molecule has 5 nitrogen and oxygen atoms in total. The molecule has 8 heteroatoms. The summed E-state index contributed by atoms with van der Waals surface area (Å²) in [5, 5.41) is 5.59. The highest BCUT2D eigenvalue weighted by atomic mass is 19.4. The van der Waals surface area contributed by atoms with Crippen molar-refractivity contribution in [3.05, 3.63) is 29.8 Å². The van der Waals surface area contributed by atoms with E-state index in [4.69, 9.17) is 0 Å². The number of rotatable bonds is 5. The van der Waals surface area contributed by atoms with Crippen LogP contribution in [0.2, 0.25) is 0 Å². The van der Waals surface area contributed by atoms with Crippen LogP contribution in [0.25, 0.3) is 0 Å². The van der Waals surface area contributed by atoms with Gasteiger partial charge in [0.15, 0.2) is 0 Å². The number of amides is 2. The molecule has 2 aliphatic rings. The minimum atomic E-state index is -4.44. The van der Waals surface area contributed by atoms with E-state index < -0.39 is 11.7 Å². The molecule has 0 radical (unpaired) electrons. The lowest BCUT2D eigenvalue weighted by molar-refractivity contribution is -0.137. The molecule has 0 spiro atoms. The standard InChI is InChI=1S/C19H24F3N3O2/c20-19(21,22)14-6-2-7-15(10-14)23-17(26)12-25-9-3-8-16(11-25)24-18(27)13-4-1-5-13/h2,6-7,10,13,16H,1,3-5,8-9,11-12H2,(H,23,26)(H,24,27). The molecule has 1 aliphatic carbocycles. The minimum absolute atomic E-state index is 0.0215. The quantitative estimate of drug-likeness (QED) is 0.822. The van der Waals surface area contributed by atoms with Crippen LogP contribution >= 0.6 is 0 Å². The zero-order valence-corrected chi connectivity index (χ0v) is 15.0. The van der Waals surface area contributed by atoms with E-state index in [-0.39, 0.29) is 36.0 Å². The van der Waals surface area contributed by atoms with Crippen molar-refractivity contribution in [3.63, 3.8) is 0 Å². The lowest BCUT2D eigenvalue weighted by Crippen LogP contribution is -2.51. The van der Waals surface area contributed by atoms with E-state index in [9.17, 15) is 22.8 Å². The number of hydrogen-bond donors (Lipinski definition) is 2. The summed E-state index contributed by atoms with van der Waals surface area (Å²) in [6.07, 6.45) is 0.296. The molecule has 1 aromatic rings. The summed E-state index contributed by atoms with van der Waals surface area (Å²) >= 11 is 0. The number of nitrogens with one attached hydrogen (secondary N) is 2. The second-order valence-electron chi connectivity index (χ2n) is 7.34. The highest BCUT2D eigenvalue weighted by Crippen LogP contribution is 2.30. The Hall–Kier alpha value is -2.09. The van der Waals surface area contributed by atoms with E-state index in [0.717, 1.165) is 50.8 Å². The number of halogens is 3. The number of hydrogen-bond acceptors (Lipinski definition) is 3. The highest BCUT2D eigenvalue weighted by Gasteiger charge is 2.31. The maximum Gasteiger partial charge on any atom is 0.416 e. The fourth-order valence-corrected chi connectivity index (χ4v) is 3.48. The van der Waals surface area contributed by atoms with Gasteiger partial charge in [-0.15, -0.1) is 0 Å². The van der Waals surface area contributed by atoms with Crippen LogP contribution in [0.4, 0.5) is 18.9 Å². The molecule has 1 unspecified atom stereocenters. The summed E-state index contributed by atoms with van der Waals surface area (Å²) in [6.45, 7) is 1.40. The first kappa shape index (κ1) is 19.7. The van der Waals surface area contributed by atoms with Crippen LogP contribution in [-0.2, 0) is 15.8 Å². The summed E-state index contributed by atoms with van der Waals surface area (Å²) in [5.74, 6) is -0.133. The Morgan fingerprint density at radius 2 is 1.93 bits per heavy atom. The summed E-state index contributed by atoms with van der Waals surface area (Å²) in [6, 6.07) is 4.62. The number of piperidine rings is 1. The van der Waals surface area contributed by atoms with Crippen molar-refractivity contribution in [1.29, 1.82) is 0 Å². The summed E-state index contributed by atoms with van der Waals surface area (Å²) in [4.78, 5) is 26.2. The van der Waals surface area contributed by atoms with Gasteiger partial charge in [-0.2, -0.15) is 13.2 Å². The molecule has 1 saturated heterocycles. The summed E-state index contributed by atoms with van der Waals surface area (Å²) in [7, 11) is 0. The molecule has 1 aromatic carbocycles. The zero-order valence-electron chi connectivity index (χ0n) is 15.0. The molecule has 1 aliphatic heterocycles. The van der Waals surface area contributed by atoms with Crippen molar-refractivity contribution < 1.29 is 22.8 Å². The monoisotopic (exact) mass is 383 g/mol. The van der Waals surface area contributed by atoms with Crippen LogP contribution in [0.5, 0.6) is 0 Å². The Bertz CT molecular complexity index is 689. The zero-order chi connectivity index (χ0) is 19.4. The van der Waals surface area contributed by atoms with E-state index in [0.29, 0.717) is 6.54 Å². The molecule has 1 saturated carbocycles. The largest absolute Gasteiger partial charge is 0.416 e. The third-order valence-corrected chi connectivity index (χ3v) is 5.17. The van der Waals surface area contributed by atoms with Crippen molar-refractivity contribution in [2.45, 2.75) is 44.3 Å². The molecule has 1 atom stereocenters. The van der Waals surface area contributed by atoms with Crippen molar-refractivity contribution in [3.8, 4) is 0 Å². The normalized spacial score (nSPS) is 21.4. The van der Waals surface area contributed by atoms with Crippen LogP contribution < -0.4 is 10.6 Å². The van der Waals surface area contributed by atoms with Crippen LogP contribution in [0.3, 0.4) is 0 Å². The van der Waals surface area contributed by atoms with Gasteiger partial charge in [-0.1, -0.05) is 12.5 Å². The maximum absolute atomic E-state index is 12.8. The molecule has 2 N–H and O–H groups in total. The molecule has 3 rings (SSSR count). The summed E-state index contributed by atoms with van der Waals surface area (Å²) in [5.41, 5.74) is -0.668. The third kappa shape index (κ3) is 5.45. The van der Waals surface area contributed by atoms with Gasteiger partial charge in [-0.3, -0.25) is 14.5 Å². The van der Waals surface area contributed by atoms with E-state index in [1.165, 1.54) is 12.1 Å². The first-order valence-corrected chi connectivity index (χ1v) is 9.31. The predicted molar refractivity (Wildman–Crippen MR) is 95.0 cm³/mol. The van der Waals surface area contributed by atoms with Crippen molar-refractivity contribution >= 4 is 17.5 Å². The first-order chi connectivity index (χ1) is 12.8. The molecule has 0 aromatic heterocycles. The van der Waals surface area contributed by atoms with Gasteiger partial charge in [0.2, 0.25) is 11.8 Å². The Morgan fingerprint density at radius 1 is 1.15 bits per heavy atom. The topological polar surface area (TPSA) is 61.4 Å². The molecule has 148 valence electrons. The number of benzene rings is 1. The van der Waals surface area contributed by atoms with Gasteiger partial charge < -0.3 is 10.6 Å². The number of carbonyl (C=O) groups is 2. The van der Waals surface area contributed by atoms with Gasteiger partial charge in [0.05, 0.1) is 12.1 Å². The van der Waals surface area contributed by atoms with Gasteiger partial charge in [-0.25, -0.2) is 0 Å². The Balaban J connectivity index is 1.49. The van der Waals surface area contributed by atoms with Crippen molar-refractivity contribution in [2.75, 3.05) is 25.0 Å². The van der Waals surface area contributed by atoms with Gasteiger partial charge in [0, 0.05) is 24.2 Å². The molecule has 0 bridgehead atoms. The Morgan fingerprint density at radius 3 is 2.59 bits per heavy atom. The summed E-state index contributed by atoms with van der Waals surface area (Å²) < 4.78 is 38.3. The molecule has 1 heterocycles. The molecule has 27 heavy (non-hydrogen) atoms. The first-order valence-electron chi connectivity index (χ1n) is 9.31. The van der Waals surface area contributed by atoms with Gasteiger partial charge in [0.1, 0.15) is 0 Å². The molecular weight excluding hydrogens is 359 g/mol. The number of alkyl halides is 3. The van der Waals surface area contributed by atoms with E-state index >= 15 is 0 Å². The number of likely N-dealkylation sites (tertiary alicyclic amines) is 1. The average molecular weight is 383 g/mol. The SMILES string of the molecule is O=C(CN1CCCC(NC(=O)C2CCC2)C1)Nc1cccc(C(F)(F)F)c1. The Kier molecular flexibility index (Phi) is 6.04. The lowest BCUT2D eigenvalue weighted by Gasteiger charge is -2.34. The average Bonchev–Trinajstić information content (AvgIpc) is 2.52. The lowest BCUT2D eigenvalue weighted by atomic mass is 9.84. The van der Waals surface area contributed by atoms with Crippen LogP contribution in [-0.4, -0.2) is 42.4 Å². The van der Waals surface area contributed by atoms with Crippen LogP contribution in [0, 0.1) is 5.92 Å². The minimum Gasteiger partial charge on any atom is -0.352 e. The van der Waals surface area contributed by atoms with E-state index in [2.05, 4.69) is 10.6 Å². The van der Waals surface area contributed by atoms with Crippen LogP contribution in [0.15, 0.2) is 24.3 Å². The van der Waals surface area contributed by atoms with E-state index in [1.54, 1.807) is 0 Å². The smallest absolute Gasteiger partial charge is 0.352 e. The second kappa shape index (κ2) is 8.29. The second-order valence-corrected chi connectivity index (χ2v) is 7.34. The van der Waals surface area contributed by atoms with Gasteiger partial charge >= 0.3 is 6.18 Å². The number of nitrogens with zero attached hydrogens (tertiary/aromatic N) is 1. The third-order valence-electron chi connectivity index (χ3n) is 5.17. The van der Waals surface area contributed by atoms with Crippen LogP contribution in [0.1, 0.15) is 37.7 Å². The van der Waals surface area contributed by atoms with Crippen molar-refractivity contribution in [2.24, 2.45) is 5.92 Å². The Labute approximate surface area is 156 Å². The number of carbonyl (C=O) groups excluding carboxylic acids is 2. The fraction of sp³-hybridized carbons (Fsp3) is 0.579. The highest BCUT2D eigenvalue weighted by molar-refractivity contribution is 5.92. The fourth-order valence-electron chi connectivity index (χ4n) is 3.48. The maximum atomic E-state index is 12.8. The molecule has 2 fully saturated rings. The van der Waals surface area contributed by atoms with Gasteiger partial charge in [0.25, 0.3) is 0 Å². The van der Waals surface area contributed by atoms with Gasteiger partial charge in [-0.05, 0) is 50.4 Å². The predicted octanol–water partition coefficient (Wildman–Crippen LogP) is 3.02. The van der Waals surface area contributed by atoms with E-state index in [1.807, 2.05) is 4.90 Å². The molecule has 2 amide bonds. The molecular formula is C19H24F3N3O2. The van der Waals surface area contributed by atoms with Crippen molar-refractivity contribution in [1.82, 2.24) is 10.2 Å².